The molecule has 124 valence electrons. The zero-order valence-electron chi connectivity index (χ0n) is 13.4. The van der Waals surface area contributed by atoms with Crippen LogP contribution in [0, 0.1) is 0 Å². The highest BCUT2D eigenvalue weighted by Gasteiger charge is 2.19. The van der Waals surface area contributed by atoms with Crippen LogP contribution in [0.25, 0.3) is 0 Å². The van der Waals surface area contributed by atoms with Crippen molar-refractivity contribution in [3.63, 3.8) is 0 Å². The second-order valence-electron chi connectivity index (χ2n) is 5.96. The molecule has 0 N–H and O–H groups in total. The lowest BCUT2D eigenvalue weighted by molar-refractivity contribution is 0.481. The van der Waals surface area contributed by atoms with Gasteiger partial charge in [0, 0.05) is 10.0 Å². The Morgan fingerprint density at radius 2 is 1.00 bits per heavy atom. The normalized spacial score (nSPS) is 11.4. The number of hydrogen-bond acceptors (Lipinski definition) is 1. The van der Waals surface area contributed by atoms with Gasteiger partial charge in [-0.25, -0.2) is 0 Å². The molecule has 0 aromatic heterocycles. The van der Waals surface area contributed by atoms with Crippen LogP contribution in [-0.2, 0) is 0 Å². The van der Waals surface area contributed by atoms with E-state index < -0.39 is 0 Å². The largest absolute Gasteiger partial charge is 0.454 e. The number of rotatable bonds is 4. The van der Waals surface area contributed by atoms with E-state index in [1.54, 1.807) is 24.3 Å². The number of ether oxygens (including phenoxy) is 1. The summed E-state index contributed by atoms with van der Waals surface area (Å²) in [7, 11) is 0. The first-order valence-electron chi connectivity index (χ1n) is 7.37. The van der Waals surface area contributed by atoms with Gasteiger partial charge in [-0.1, -0.05) is 74.1 Å². The van der Waals surface area contributed by atoms with E-state index in [0.717, 1.165) is 11.1 Å². The Hall–Kier alpha value is -0.600. The van der Waals surface area contributed by atoms with Crippen LogP contribution in [0.15, 0.2) is 24.3 Å². The molecule has 0 heterocycles. The Labute approximate surface area is 157 Å². The van der Waals surface area contributed by atoms with Gasteiger partial charge < -0.3 is 4.74 Å². The third kappa shape index (κ3) is 3.91. The topological polar surface area (TPSA) is 9.23 Å². The fourth-order valence-corrected chi connectivity index (χ4v) is 4.12. The van der Waals surface area contributed by atoms with Crippen molar-refractivity contribution in [2.75, 3.05) is 0 Å². The van der Waals surface area contributed by atoms with Crippen molar-refractivity contribution in [3.8, 4) is 11.5 Å². The molecule has 2 aromatic carbocycles. The second kappa shape index (κ2) is 7.53. The van der Waals surface area contributed by atoms with E-state index in [4.69, 9.17) is 51.1 Å². The third-order valence-corrected chi connectivity index (χ3v) is 5.00. The van der Waals surface area contributed by atoms with Crippen LogP contribution in [-0.4, -0.2) is 0 Å². The average Bonchev–Trinajstić information content (AvgIpc) is 2.44. The fourth-order valence-electron chi connectivity index (χ4n) is 2.43. The molecule has 0 saturated carbocycles. The molecule has 0 atom stereocenters. The van der Waals surface area contributed by atoms with E-state index in [-0.39, 0.29) is 11.8 Å². The van der Waals surface area contributed by atoms with Gasteiger partial charge in [0.2, 0.25) is 0 Å². The first-order valence-corrected chi connectivity index (χ1v) is 8.88. The zero-order chi connectivity index (χ0) is 17.3. The molecular weight excluding hydrogens is 374 g/mol. The fraction of sp³-hybridized carbons (Fsp3) is 0.333. The predicted molar refractivity (Wildman–Crippen MR) is 101 cm³/mol. The molecular formula is C18H18Cl4O. The molecule has 2 aromatic rings. The van der Waals surface area contributed by atoms with Gasteiger partial charge >= 0.3 is 0 Å². The van der Waals surface area contributed by atoms with Crippen molar-refractivity contribution in [3.05, 3.63) is 55.5 Å². The van der Waals surface area contributed by atoms with Crippen LogP contribution in [0.5, 0.6) is 11.5 Å². The molecule has 2 rings (SSSR count). The molecule has 0 unspecified atom stereocenters. The van der Waals surface area contributed by atoms with Gasteiger partial charge in [-0.2, -0.15) is 0 Å². The highest BCUT2D eigenvalue weighted by molar-refractivity contribution is 6.38. The smallest absolute Gasteiger partial charge is 0.146 e. The summed E-state index contributed by atoms with van der Waals surface area (Å²) in [5.74, 6) is 1.42. The monoisotopic (exact) mass is 390 g/mol. The molecule has 0 aliphatic rings. The molecule has 0 spiro atoms. The number of halogens is 4. The lowest BCUT2D eigenvalue weighted by Gasteiger charge is -2.18. The third-order valence-electron chi connectivity index (χ3n) is 3.56. The first kappa shape index (κ1) is 18.7. The molecule has 23 heavy (non-hydrogen) atoms. The van der Waals surface area contributed by atoms with Crippen LogP contribution < -0.4 is 4.74 Å². The lowest BCUT2D eigenvalue weighted by Crippen LogP contribution is -1.97. The maximum Gasteiger partial charge on any atom is 0.146 e. The summed E-state index contributed by atoms with van der Waals surface area (Å²) in [6.45, 7) is 8.12. The minimum Gasteiger partial charge on any atom is -0.454 e. The molecule has 0 bridgehead atoms. The minimum atomic E-state index is 0.186. The number of hydrogen-bond donors (Lipinski definition) is 0. The van der Waals surface area contributed by atoms with Crippen LogP contribution in [0.4, 0.5) is 0 Å². The Kier molecular flexibility index (Phi) is 6.13. The summed E-state index contributed by atoms with van der Waals surface area (Å²) < 4.78 is 5.95. The van der Waals surface area contributed by atoms with Gasteiger partial charge in [-0.3, -0.25) is 0 Å². The minimum absolute atomic E-state index is 0.186. The highest BCUT2D eigenvalue weighted by Crippen LogP contribution is 2.43. The van der Waals surface area contributed by atoms with Crippen molar-refractivity contribution in [1.29, 1.82) is 0 Å². The molecule has 0 saturated heterocycles. The lowest BCUT2D eigenvalue weighted by atomic mass is 10.0. The average molecular weight is 392 g/mol. The number of benzene rings is 2. The molecule has 0 aliphatic carbocycles. The van der Waals surface area contributed by atoms with Crippen LogP contribution >= 0.6 is 46.4 Å². The summed E-state index contributed by atoms with van der Waals surface area (Å²) in [6.07, 6.45) is 0. The summed E-state index contributed by atoms with van der Waals surface area (Å²) >= 11 is 25.4. The van der Waals surface area contributed by atoms with Gasteiger partial charge in [0.05, 0.1) is 10.0 Å². The summed E-state index contributed by atoms with van der Waals surface area (Å²) in [4.78, 5) is 0. The van der Waals surface area contributed by atoms with Gasteiger partial charge in [0.15, 0.2) is 0 Å². The van der Waals surface area contributed by atoms with E-state index in [2.05, 4.69) is 0 Å². The molecule has 1 nitrogen and oxygen atoms in total. The maximum absolute atomic E-state index is 6.47. The Bertz CT molecular complexity index is 662. The van der Waals surface area contributed by atoms with Gasteiger partial charge in [-0.05, 0) is 47.2 Å². The highest BCUT2D eigenvalue weighted by atomic mass is 35.5. The van der Waals surface area contributed by atoms with E-state index in [1.165, 1.54) is 0 Å². The van der Waals surface area contributed by atoms with Gasteiger partial charge in [0.25, 0.3) is 0 Å². The first-order chi connectivity index (χ1) is 10.7. The quantitative estimate of drug-likeness (QED) is 0.508. The Morgan fingerprint density at radius 3 is 1.30 bits per heavy atom. The van der Waals surface area contributed by atoms with Crippen LogP contribution in [0.1, 0.15) is 50.7 Å². The predicted octanol–water partition coefficient (Wildman–Crippen LogP) is 8.34. The Balaban J connectivity index is 2.49. The Morgan fingerprint density at radius 1 is 0.652 bits per heavy atom. The van der Waals surface area contributed by atoms with Crippen molar-refractivity contribution >= 4 is 46.4 Å². The summed E-state index contributed by atoms with van der Waals surface area (Å²) in [6, 6.07) is 7.06. The van der Waals surface area contributed by atoms with Crippen molar-refractivity contribution < 1.29 is 4.74 Å². The molecule has 0 fully saturated rings. The van der Waals surface area contributed by atoms with E-state index in [1.807, 2.05) is 27.7 Å². The van der Waals surface area contributed by atoms with E-state index in [0.29, 0.717) is 31.6 Å². The van der Waals surface area contributed by atoms with Gasteiger partial charge in [-0.15, -0.1) is 0 Å². The summed E-state index contributed by atoms with van der Waals surface area (Å²) in [5.41, 5.74) is 1.72. The van der Waals surface area contributed by atoms with Crippen molar-refractivity contribution in [2.24, 2.45) is 0 Å². The van der Waals surface area contributed by atoms with Crippen LogP contribution in [0.2, 0.25) is 20.1 Å². The van der Waals surface area contributed by atoms with E-state index in [9.17, 15) is 0 Å². The van der Waals surface area contributed by atoms with Crippen LogP contribution in [0.3, 0.4) is 0 Å². The van der Waals surface area contributed by atoms with Gasteiger partial charge in [0.1, 0.15) is 11.5 Å². The standard InChI is InChI=1S/C18H18Cl4O/c1-9(2)15-11(19)5-7-13(17(15)21)23-14-8-6-12(20)16(10(3)4)18(14)22/h5-10H,1-4H3. The maximum atomic E-state index is 6.47. The zero-order valence-corrected chi connectivity index (χ0v) is 16.4. The molecule has 0 aliphatic heterocycles. The van der Waals surface area contributed by atoms with Crippen molar-refractivity contribution in [2.45, 2.75) is 39.5 Å². The summed E-state index contributed by atoms with van der Waals surface area (Å²) in [5, 5.41) is 2.26. The molecule has 5 heteroatoms. The molecule has 0 radical (unpaired) electrons. The SMILES string of the molecule is CC(C)c1c(Cl)ccc(Oc2ccc(Cl)c(C(C)C)c2Cl)c1Cl. The van der Waals surface area contributed by atoms with Crippen molar-refractivity contribution in [1.82, 2.24) is 0 Å². The van der Waals surface area contributed by atoms with E-state index >= 15 is 0 Å². The second-order valence-corrected chi connectivity index (χ2v) is 7.53. The molecule has 0 amide bonds.